The van der Waals surface area contributed by atoms with Crippen molar-refractivity contribution in [2.75, 3.05) is 11.9 Å². The number of amides is 2. The molecule has 3 rings (SSSR count). The fourth-order valence-corrected chi connectivity index (χ4v) is 2.31. The fourth-order valence-electron chi connectivity index (χ4n) is 2.31. The first kappa shape index (κ1) is 18.3. The van der Waals surface area contributed by atoms with Crippen LogP contribution >= 0.6 is 0 Å². The third kappa shape index (κ3) is 4.78. The lowest BCUT2D eigenvalue weighted by molar-refractivity contribution is -0.123. The van der Waals surface area contributed by atoms with E-state index in [1.807, 2.05) is 0 Å². The van der Waals surface area contributed by atoms with Gasteiger partial charge in [-0.05, 0) is 38.1 Å². The molecular formula is C18H17FN4O4. The number of aromatic nitrogens is 2. The Bertz CT molecular complexity index is 962. The number of aryl methyl sites for hydroxylation is 2. The van der Waals surface area contributed by atoms with Crippen molar-refractivity contribution < 1.29 is 22.9 Å². The van der Waals surface area contributed by atoms with E-state index < -0.39 is 5.91 Å². The van der Waals surface area contributed by atoms with Crippen molar-refractivity contribution in [1.82, 2.24) is 15.5 Å². The summed E-state index contributed by atoms with van der Waals surface area (Å²) in [6, 6.07) is 7.25. The maximum Gasteiger partial charge on any atom is 0.245 e. The standard InChI is InChI=1S/C18H17FN4O4/c1-10-7-15(23-27-10)22-17(25)9-20-16(24)8-14-11(2)26-18(21-14)12-3-5-13(19)6-4-12/h3-7H,8-9H2,1-2H3,(H,20,24)(H,22,23,25). The van der Waals surface area contributed by atoms with Gasteiger partial charge in [0.15, 0.2) is 5.82 Å². The van der Waals surface area contributed by atoms with Gasteiger partial charge in [0.25, 0.3) is 0 Å². The van der Waals surface area contributed by atoms with Crippen LogP contribution < -0.4 is 10.6 Å². The van der Waals surface area contributed by atoms with Gasteiger partial charge in [-0.3, -0.25) is 9.59 Å². The van der Waals surface area contributed by atoms with Crippen molar-refractivity contribution in [1.29, 1.82) is 0 Å². The first-order valence-corrected chi connectivity index (χ1v) is 8.13. The quantitative estimate of drug-likeness (QED) is 0.687. The number of hydrogen-bond acceptors (Lipinski definition) is 6. The molecule has 2 aromatic heterocycles. The van der Waals surface area contributed by atoms with E-state index in [9.17, 15) is 14.0 Å². The Kier molecular flexibility index (Phi) is 5.30. The zero-order chi connectivity index (χ0) is 19.4. The van der Waals surface area contributed by atoms with Crippen molar-refractivity contribution in [3.63, 3.8) is 0 Å². The monoisotopic (exact) mass is 372 g/mol. The van der Waals surface area contributed by atoms with E-state index in [0.717, 1.165) is 0 Å². The van der Waals surface area contributed by atoms with E-state index in [4.69, 9.17) is 8.94 Å². The van der Waals surface area contributed by atoms with Gasteiger partial charge in [0, 0.05) is 11.6 Å². The average Bonchev–Trinajstić information content (AvgIpc) is 3.19. The van der Waals surface area contributed by atoms with Gasteiger partial charge in [-0.1, -0.05) is 5.16 Å². The van der Waals surface area contributed by atoms with Crippen molar-refractivity contribution in [3.8, 4) is 11.5 Å². The van der Waals surface area contributed by atoms with Gasteiger partial charge in [-0.2, -0.15) is 0 Å². The van der Waals surface area contributed by atoms with Crippen molar-refractivity contribution in [2.45, 2.75) is 20.3 Å². The van der Waals surface area contributed by atoms with Crippen LogP contribution in [0.4, 0.5) is 10.2 Å². The summed E-state index contributed by atoms with van der Waals surface area (Å²) in [6.07, 6.45) is -0.0487. The van der Waals surface area contributed by atoms with Crippen LogP contribution in [0.2, 0.25) is 0 Å². The molecule has 0 bridgehead atoms. The predicted octanol–water partition coefficient (Wildman–Crippen LogP) is 2.38. The highest BCUT2D eigenvalue weighted by atomic mass is 19.1. The lowest BCUT2D eigenvalue weighted by Crippen LogP contribution is -2.34. The Morgan fingerprint density at radius 3 is 2.56 bits per heavy atom. The number of anilines is 1. The molecule has 2 heterocycles. The van der Waals surface area contributed by atoms with Crippen molar-refractivity contribution >= 4 is 17.6 Å². The molecule has 0 unspecified atom stereocenters. The maximum atomic E-state index is 13.0. The van der Waals surface area contributed by atoms with Crippen LogP contribution in [0.3, 0.4) is 0 Å². The van der Waals surface area contributed by atoms with Crippen LogP contribution in [0.25, 0.3) is 11.5 Å². The molecule has 2 amide bonds. The first-order chi connectivity index (χ1) is 12.9. The van der Waals surface area contributed by atoms with Crippen molar-refractivity contribution in [3.05, 3.63) is 53.4 Å². The number of rotatable bonds is 6. The van der Waals surface area contributed by atoms with E-state index in [1.54, 1.807) is 32.0 Å². The molecule has 0 atom stereocenters. The Labute approximate surface area is 153 Å². The van der Waals surface area contributed by atoms with E-state index in [0.29, 0.717) is 28.7 Å². The third-order valence-electron chi connectivity index (χ3n) is 3.65. The Morgan fingerprint density at radius 1 is 1.15 bits per heavy atom. The molecule has 140 valence electrons. The van der Waals surface area contributed by atoms with Gasteiger partial charge >= 0.3 is 0 Å². The highest BCUT2D eigenvalue weighted by molar-refractivity contribution is 5.94. The molecule has 0 aliphatic carbocycles. The van der Waals surface area contributed by atoms with Gasteiger partial charge < -0.3 is 19.6 Å². The minimum absolute atomic E-state index is 0.0487. The lowest BCUT2D eigenvalue weighted by atomic mass is 10.2. The van der Waals surface area contributed by atoms with E-state index in [-0.39, 0.29) is 30.5 Å². The van der Waals surface area contributed by atoms with Crippen LogP contribution in [0.5, 0.6) is 0 Å². The molecular weight excluding hydrogens is 355 g/mol. The molecule has 3 aromatic rings. The SMILES string of the molecule is Cc1cc(NC(=O)CNC(=O)Cc2nc(-c3ccc(F)cc3)oc2C)no1. The van der Waals surface area contributed by atoms with Gasteiger partial charge in [0.2, 0.25) is 17.7 Å². The van der Waals surface area contributed by atoms with Crippen LogP contribution in [-0.4, -0.2) is 28.5 Å². The second-order valence-corrected chi connectivity index (χ2v) is 5.85. The van der Waals surface area contributed by atoms with Crippen molar-refractivity contribution in [2.24, 2.45) is 0 Å². The summed E-state index contributed by atoms with van der Waals surface area (Å²) in [7, 11) is 0. The molecule has 0 fully saturated rings. The third-order valence-corrected chi connectivity index (χ3v) is 3.65. The highest BCUT2D eigenvalue weighted by Gasteiger charge is 2.15. The summed E-state index contributed by atoms with van der Waals surface area (Å²) < 4.78 is 23.4. The number of carbonyl (C=O) groups excluding carboxylic acids is 2. The normalized spacial score (nSPS) is 10.6. The minimum Gasteiger partial charge on any atom is -0.441 e. The summed E-state index contributed by atoms with van der Waals surface area (Å²) in [5.74, 6) is 0.446. The summed E-state index contributed by atoms with van der Waals surface area (Å²) in [5, 5.41) is 8.63. The molecule has 0 aliphatic heterocycles. The summed E-state index contributed by atoms with van der Waals surface area (Å²) >= 11 is 0. The molecule has 27 heavy (non-hydrogen) atoms. The Morgan fingerprint density at radius 2 is 1.89 bits per heavy atom. The molecule has 0 saturated carbocycles. The van der Waals surface area contributed by atoms with E-state index in [2.05, 4.69) is 20.8 Å². The van der Waals surface area contributed by atoms with Gasteiger partial charge in [-0.25, -0.2) is 9.37 Å². The number of hydrogen-bond donors (Lipinski definition) is 2. The van der Waals surface area contributed by atoms with E-state index >= 15 is 0 Å². The highest BCUT2D eigenvalue weighted by Crippen LogP contribution is 2.22. The van der Waals surface area contributed by atoms with Crippen LogP contribution in [0, 0.1) is 19.7 Å². The smallest absolute Gasteiger partial charge is 0.245 e. The summed E-state index contributed by atoms with van der Waals surface area (Å²) in [5.41, 5.74) is 1.05. The molecule has 0 saturated heterocycles. The summed E-state index contributed by atoms with van der Waals surface area (Å²) in [4.78, 5) is 28.1. The largest absolute Gasteiger partial charge is 0.441 e. The Hall–Kier alpha value is -3.49. The number of nitrogens with zero attached hydrogens (tertiary/aromatic N) is 2. The van der Waals surface area contributed by atoms with Crippen LogP contribution in [0.15, 0.2) is 39.3 Å². The molecule has 8 nitrogen and oxygen atoms in total. The van der Waals surface area contributed by atoms with E-state index in [1.165, 1.54) is 12.1 Å². The summed E-state index contributed by atoms with van der Waals surface area (Å²) in [6.45, 7) is 3.17. The second-order valence-electron chi connectivity index (χ2n) is 5.85. The second kappa shape index (κ2) is 7.81. The number of oxazole rings is 1. The van der Waals surface area contributed by atoms with Crippen LogP contribution in [0.1, 0.15) is 17.2 Å². The fraction of sp³-hybridized carbons (Fsp3) is 0.222. The first-order valence-electron chi connectivity index (χ1n) is 8.13. The van der Waals surface area contributed by atoms with Gasteiger partial charge in [0.05, 0.1) is 18.7 Å². The molecule has 0 aliphatic rings. The minimum atomic E-state index is -0.430. The predicted molar refractivity (Wildman–Crippen MR) is 93.2 cm³/mol. The van der Waals surface area contributed by atoms with Crippen LogP contribution in [-0.2, 0) is 16.0 Å². The molecule has 2 N–H and O–H groups in total. The molecule has 1 aromatic carbocycles. The number of carbonyl (C=O) groups is 2. The maximum absolute atomic E-state index is 13.0. The molecule has 0 spiro atoms. The molecule has 9 heteroatoms. The number of halogens is 1. The number of benzene rings is 1. The number of nitrogens with one attached hydrogen (secondary N) is 2. The zero-order valence-corrected chi connectivity index (χ0v) is 14.7. The molecule has 0 radical (unpaired) electrons. The topological polar surface area (TPSA) is 110 Å². The van der Waals surface area contributed by atoms with Gasteiger partial charge in [0.1, 0.15) is 17.3 Å². The lowest BCUT2D eigenvalue weighted by Gasteiger charge is -2.04. The average molecular weight is 372 g/mol. The zero-order valence-electron chi connectivity index (χ0n) is 14.7. The Balaban J connectivity index is 1.54. The van der Waals surface area contributed by atoms with Gasteiger partial charge in [-0.15, -0.1) is 0 Å².